The molecule has 1 aromatic heterocycles. The normalized spacial score (nSPS) is 16.3. The minimum Gasteiger partial charge on any atom is -0.477 e. The zero-order valence-electron chi connectivity index (χ0n) is 15.6. The van der Waals surface area contributed by atoms with E-state index in [0.29, 0.717) is 43.3 Å². The van der Waals surface area contributed by atoms with Crippen molar-refractivity contribution in [3.8, 4) is 5.75 Å². The molecule has 7 nitrogen and oxygen atoms in total. The zero-order valence-corrected chi connectivity index (χ0v) is 15.6. The number of nitrogens with one attached hydrogen (secondary N) is 1. The highest BCUT2D eigenvalue weighted by Gasteiger charge is 2.44. The molecule has 7 heteroatoms. The highest BCUT2D eigenvalue weighted by atomic mass is 16.5. The molecule has 1 fully saturated rings. The third kappa shape index (κ3) is 4.04. The number of aromatic nitrogens is 2. The fourth-order valence-electron chi connectivity index (χ4n) is 3.15. The summed E-state index contributed by atoms with van der Waals surface area (Å²) in [6, 6.07) is 7.81. The van der Waals surface area contributed by atoms with Crippen LogP contribution in [0.5, 0.6) is 5.75 Å². The van der Waals surface area contributed by atoms with E-state index >= 15 is 0 Å². The lowest BCUT2D eigenvalue weighted by molar-refractivity contribution is -0.150. The standard InChI is InChI=1S/C19H26N4O3/c1-4-17-21-16(22-26-17)13-23(3)18(24)19(9-11-20-12-10-19)25-15-7-5-14(2)6-8-15/h5-8,20H,4,9-13H2,1-3H3. The number of ether oxygens (including phenoxy) is 1. The van der Waals surface area contributed by atoms with E-state index < -0.39 is 5.60 Å². The van der Waals surface area contributed by atoms with Gasteiger partial charge < -0.3 is 19.5 Å². The van der Waals surface area contributed by atoms with E-state index in [0.717, 1.165) is 18.7 Å². The monoisotopic (exact) mass is 358 g/mol. The van der Waals surface area contributed by atoms with Gasteiger partial charge in [0.25, 0.3) is 5.91 Å². The number of aryl methyl sites for hydroxylation is 2. The summed E-state index contributed by atoms with van der Waals surface area (Å²) in [6.07, 6.45) is 1.92. The van der Waals surface area contributed by atoms with Gasteiger partial charge in [-0.15, -0.1) is 0 Å². The molecule has 0 aliphatic carbocycles. The summed E-state index contributed by atoms with van der Waals surface area (Å²) in [5.74, 6) is 1.75. The predicted molar refractivity (Wildman–Crippen MR) is 96.8 cm³/mol. The van der Waals surface area contributed by atoms with Gasteiger partial charge in [-0.25, -0.2) is 0 Å². The molecule has 140 valence electrons. The maximum atomic E-state index is 13.3. The van der Waals surface area contributed by atoms with E-state index in [1.807, 2.05) is 38.1 Å². The summed E-state index contributed by atoms with van der Waals surface area (Å²) in [7, 11) is 1.76. The highest BCUT2D eigenvalue weighted by molar-refractivity contribution is 5.85. The Labute approximate surface area is 153 Å². The molecule has 26 heavy (non-hydrogen) atoms. The molecule has 1 aliphatic rings. The summed E-state index contributed by atoms with van der Waals surface area (Å²) in [6.45, 7) is 5.76. The Hall–Kier alpha value is -2.41. The smallest absolute Gasteiger partial charge is 0.267 e. The van der Waals surface area contributed by atoms with Gasteiger partial charge >= 0.3 is 0 Å². The lowest BCUT2D eigenvalue weighted by atomic mass is 9.90. The van der Waals surface area contributed by atoms with Crippen molar-refractivity contribution in [1.82, 2.24) is 20.4 Å². The average Bonchev–Trinajstić information content (AvgIpc) is 3.11. The van der Waals surface area contributed by atoms with Gasteiger partial charge in [0, 0.05) is 26.3 Å². The number of carbonyl (C=O) groups excluding carboxylic acids is 1. The van der Waals surface area contributed by atoms with Crippen LogP contribution in [0.25, 0.3) is 0 Å². The van der Waals surface area contributed by atoms with E-state index in [4.69, 9.17) is 9.26 Å². The SMILES string of the molecule is CCc1nc(CN(C)C(=O)C2(Oc3ccc(C)cc3)CCNCC2)no1. The number of piperidine rings is 1. The minimum absolute atomic E-state index is 0.0533. The summed E-state index contributed by atoms with van der Waals surface area (Å²) in [5.41, 5.74) is 0.288. The largest absolute Gasteiger partial charge is 0.477 e. The Bertz CT molecular complexity index is 735. The van der Waals surface area contributed by atoms with Gasteiger partial charge in [-0.3, -0.25) is 4.79 Å². The molecule has 1 aliphatic heterocycles. The molecule has 0 atom stereocenters. The molecule has 1 amide bonds. The maximum absolute atomic E-state index is 13.3. The number of nitrogens with zero attached hydrogens (tertiary/aromatic N) is 3. The number of amides is 1. The Kier molecular flexibility index (Phi) is 5.56. The number of rotatable bonds is 6. The van der Waals surface area contributed by atoms with Crippen molar-refractivity contribution >= 4 is 5.91 Å². The van der Waals surface area contributed by atoms with Crippen molar-refractivity contribution in [3.05, 3.63) is 41.5 Å². The maximum Gasteiger partial charge on any atom is 0.267 e. The van der Waals surface area contributed by atoms with Crippen LogP contribution in [0.3, 0.4) is 0 Å². The lowest BCUT2D eigenvalue weighted by Gasteiger charge is -2.38. The molecule has 1 saturated heterocycles. The minimum atomic E-state index is -0.868. The number of hydrogen-bond acceptors (Lipinski definition) is 6. The summed E-state index contributed by atoms with van der Waals surface area (Å²) in [4.78, 5) is 19.2. The van der Waals surface area contributed by atoms with Crippen molar-refractivity contribution in [3.63, 3.8) is 0 Å². The Morgan fingerprint density at radius 1 is 1.31 bits per heavy atom. The van der Waals surface area contributed by atoms with Gasteiger partial charge in [-0.1, -0.05) is 29.8 Å². The van der Waals surface area contributed by atoms with Gasteiger partial charge in [0.2, 0.25) is 5.89 Å². The fraction of sp³-hybridized carbons (Fsp3) is 0.526. The second-order valence-electron chi connectivity index (χ2n) is 6.78. The van der Waals surface area contributed by atoms with E-state index in [9.17, 15) is 4.79 Å². The summed E-state index contributed by atoms with van der Waals surface area (Å²) in [5, 5.41) is 7.24. The first-order chi connectivity index (χ1) is 12.5. The first kappa shape index (κ1) is 18.4. The Morgan fingerprint density at radius 2 is 2.00 bits per heavy atom. The van der Waals surface area contributed by atoms with Crippen LogP contribution >= 0.6 is 0 Å². The van der Waals surface area contributed by atoms with Crippen LogP contribution in [-0.2, 0) is 17.8 Å². The molecular weight excluding hydrogens is 332 g/mol. The van der Waals surface area contributed by atoms with Crippen LogP contribution in [0.4, 0.5) is 0 Å². The molecule has 0 bridgehead atoms. The van der Waals surface area contributed by atoms with Gasteiger partial charge in [-0.2, -0.15) is 4.98 Å². The van der Waals surface area contributed by atoms with Crippen LogP contribution in [0.1, 0.15) is 37.0 Å². The first-order valence-corrected chi connectivity index (χ1v) is 9.06. The summed E-state index contributed by atoms with van der Waals surface area (Å²) < 4.78 is 11.4. The average molecular weight is 358 g/mol. The summed E-state index contributed by atoms with van der Waals surface area (Å²) >= 11 is 0. The molecule has 2 aromatic rings. The predicted octanol–water partition coefficient (Wildman–Crippen LogP) is 2.10. The lowest BCUT2D eigenvalue weighted by Crippen LogP contribution is -2.56. The van der Waals surface area contributed by atoms with Gasteiger partial charge in [0.1, 0.15) is 5.75 Å². The number of carbonyl (C=O) groups is 1. The van der Waals surface area contributed by atoms with E-state index in [-0.39, 0.29) is 5.91 Å². The number of likely N-dealkylation sites (N-methyl/N-ethyl adjacent to an activating group) is 1. The van der Waals surface area contributed by atoms with Gasteiger partial charge in [0.05, 0.1) is 6.54 Å². The van der Waals surface area contributed by atoms with Gasteiger partial charge in [0.15, 0.2) is 11.4 Å². The van der Waals surface area contributed by atoms with E-state index in [1.165, 1.54) is 0 Å². The second kappa shape index (κ2) is 7.86. The number of benzene rings is 1. The third-order valence-corrected chi connectivity index (χ3v) is 4.67. The van der Waals surface area contributed by atoms with Crippen molar-refractivity contribution in [2.75, 3.05) is 20.1 Å². The zero-order chi connectivity index (χ0) is 18.6. The topological polar surface area (TPSA) is 80.5 Å². The van der Waals surface area contributed by atoms with E-state index in [1.54, 1.807) is 11.9 Å². The van der Waals surface area contributed by atoms with Crippen LogP contribution in [-0.4, -0.2) is 46.7 Å². The van der Waals surface area contributed by atoms with Crippen LogP contribution < -0.4 is 10.1 Å². The van der Waals surface area contributed by atoms with Crippen molar-refractivity contribution < 1.29 is 14.1 Å². The third-order valence-electron chi connectivity index (χ3n) is 4.67. The van der Waals surface area contributed by atoms with Crippen LogP contribution in [0.2, 0.25) is 0 Å². The van der Waals surface area contributed by atoms with Crippen molar-refractivity contribution in [2.24, 2.45) is 0 Å². The first-order valence-electron chi connectivity index (χ1n) is 9.06. The molecule has 3 rings (SSSR count). The fourth-order valence-corrected chi connectivity index (χ4v) is 3.15. The molecule has 1 N–H and O–H groups in total. The van der Waals surface area contributed by atoms with Gasteiger partial charge in [-0.05, 0) is 32.1 Å². The molecule has 2 heterocycles. The molecular formula is C19H26N4O3. The molecule has 0 spiro atoms. The highest BCUT2D eigenvalue weighted by Crippen LogP contribution is 2.29. The molecule has 1 aromatic carbocycles. The quantitative estimate of drug-likeness (QED) is 0.852. The molecule has 0 saturated carbocycles. The van der Waals surface area contributed by atoms with Crippen LogP contribution in [0.15, 0.2) is 28.8 Å². The molecule has 0 radical (unpaired) electrons. The molecule has 0 unspecified atom stereocenters. The van der Waals surface area contributed by atoms with Crippen molar-refractivity contribution in [1.29, 1.82) is 0 Å². The van der Waals surface area contributed by atoms with E-state index in [2.05, 4.69) is 15.5 Å². The second-order valence-corrected chi connectivity index (χ2v) is 6.78. The Balaban J connectivity index is 1.76. The van der Waals surface area contributed by atoms with Crippen LogP contribution in [0, 0.1) is 6.92 Å². The van der Waals surface area contributed by atoms with Crippen molar-refractivity contribution in [2.45, 2.75) is 45.3 Å². The number of hydrogen-bond donors (Lipinski definition) is 1. The Morgan fingerprint density at radius 3 is 2.62 bits per heavy atom.